The highest BCUT2D eigenvalue weighted by atomic mass is 16.6. The van der Waals surface area contributed by atoms with Crippen molar-refractivity contribution in [1.29, 1.82) is 0 Å². The van der Waals surface area contributed by atoms with Crippen LogP contribution in [0.25, 0.3) is 0 Å². The first-order valence-electron chi connectivity index (χ1n) is 8.31. The van der Waals surface area contributed by atoms with Crippen LogP contribution in [0.5, 0.6) is 0 Å². The Hall–Kier alpha value is -1.67. The number of nitrogens with two attached hydrogens (primary N) is 2. The zero-order chi connectivity index (χ0) is 18.9. The SMILES string of the molecule is CC(C)COC(=O)N(C(=O)C(N)CCCCN)C(C(=O)O)C(C)C. The summed E-state index contributed by atoms with van der Waals surface area (Å²) < 4.78 is 5.07. The molecule has 0 aliphatic heterocycles. The summed E-state index contributed by atoms with van der Waals surface area (Å²) in [5.41, 5.74) is 11.3. The molecule has 0 spiro atoms. The third kappa shape index (κ3) is 7.27. The molecule has 0 aliphatic carbocycles. The Labute approximate surface area is 143 Å². The van der Waals surface area contributed by atoms with E-state index in [2.05, 4.69) is 0 Å². The van der Waals surface area contributed by atoms with Crippen molar-refractivity contribution in [1.82, 2.24) is 4.90 Å². The number of aliphatic carboxylic acids is 1. The van der Waals surface area contributed by atoms with E-state index in [9.17, 15) is 19.5 Å². The monoisotopic (exact) mass is 345 g/mol. The van der Waals surface area contributed by atoms with Gasteiger partial charge in [0.25, 0.3) is 0 Å². The predicted molar refractivity (Wildman–Crippen MR) is 90.2 cm³/mol. The molecule has 0 saturated carbocycles. The number of carbonyl (C=O) groups is 3. The summed E-state index contributed by atoms with van der Waals surface area (Å²) in [4.78, 5) is 37.1. The fraction of sp³-hybridized carbons (Fsp3) is 0.812. The van der Waals surface area contributed by atoms with Crippen molar-refractivity contribution in [2.24, 2.45) is 23.3 Å². The predicted octanol–water partition coefficient (Wildman–Crippen LogP) is 1.17. The highest BCUT2D eigenvalue weighted by molar-refractivity contribution is 5.98. The summed E-state index contributed by atoms with van der Waals surface area (Å²) in [6, 6.07) is -2.29. The lowest BCUT2D eigenvalue weighted by Crippen LogP contribution is -2.56. The molecule has 0 heterocycles. The number of carboxylic acids is 1. The van der Waals surface area contributed by atoms with Crippen LogP contribution in [0.4, 0.5) is 4.79 Å². The molecular formula is C16H31N3O5. The molecule has 2 unspecified atom stereocenters. The maximum atomic E-state index is 12.6. The van der Waals surface area contributed by atoms with Crippen LogP contribution in [0.2, 0.25) is 0 Å². The van der Waals surface area contributed by atoms with Gasteiger partial charge in [-0.15, -0.1) is 0 Å². The molecule has 5 N–H and O–H groups in total. The van der Waals surface area contributed by atoms with Crippen LogP contribution in [0.15, 0.2) is 0 Å². The third-order valence-electron chi connectivity index (χ3n) is 3.42. The lowest BCUT2D eigenvalue weighted by Gasteiger charge is -2.31. The number of nitrogens with zero attached hydrogens (tertiary/aromatic N) is 1. The number of imide groups is 1. The summed E-state index contributed by atoms with van der Waals surface area (Å²) in [6.45, 7) is 7.49. The minimum absolute atomic E-state index is 0.0615. The number of rotatable bonds is 10. The van der Waals surface area contributed by atoms with E-state index in [-0.39, 0.29) is 12.5 Å². The number of hydrogen-bond acceptors (Lipinski definition) is 6. The molecule has 8 heteroatoms. The normalized spacial score (nSPS) is 13.7. The maximum Gasteiger partial charge on any atom is 0.417 e. The largest absolute Gasteiger partial charge is 0.480 e. The average Bonchev–Trinajstić information content (AvgIpc) is 2.48. The van der Waals surface area contributed by atoms with Crippen molar-refractivity contribution < 1.29 is 24.2 Å². The Morgan fingerprint density at radius 1 is 1.12 bits per heavy atom. The minimum atomic E-state index is -1.32. The van der Waals surface area contributed by atoms with E-state index in [4.69, 9.17) is 16.2 Å². The van der Waals surface area contributed by atoms with Crippen molar-refractivity contribution in [2.75, 3.05) is 13.2 Å². The van der Waals surface area contributed by atoms with E-state index in [1.807, 2.05) is 13.8 Å². The van der Waals surface area contributed by atoms with Crippen molar-refractivity contribution in [3.63, 3.8) is 0 Å². The first-order chi connectivity index (χ1) is 11.1. The van der Waals surface area contributed by atoms with Crippen LogP contribution in [0, 0.1) is 11.8 Å². The molecule has 0 radical (unpaired) electrons. The lowest BCUT2D eigenvalue weighted by atomic mass is 10.0. The zero-order valence-electron chi connectivity index (χ0n) is 15.0. The second kappa shape index (κ2) is 11.0. The van der Waals surface area contributed by atoms with E-state index in [1.54, 1.807) is 13.8 Å². The molecular weight excluding hydrogens is 314 g/mol. The van der Waals surface area contributed by atoms with E-state index in [0.717, 1.165) is 0 Å². The molecule has 0 fully saturated rings. The molecule has 2 amide bonds. The molecule has 0 aromatic rings. The van der Waals surface area contributed by atoms with Crippen LogP contribution in [-0.2, 0) is 14.3 Å². The molecule has 8 nitrogen and oxygen atoms in total. The van der Waals surface area contributed by atoms with Crippen LogP contribution < -0.4 is 11.5 Å². The summed E-state index contributed by atoms with van der Waals surface area (Å²) in [7, 11) is 0. The second-order valence-electron chi connectivity index (χ2n) is 6.60. The van der Waals surface area contributed by atoms with Crippen molar-refractivity contribution in [3.8, 4) is 0 Å². The molecule has 0 aromatic heterocycles. The molecule has 0 bridgehead atoms. The van der Waals surface area contributed by atoms with E-state index in [0.29, 0.717) is 30.7 Å². The Morgan fingerprint density at radius 3 is 2.12 bits per heavy atom. The topological polar surface area (TPSA) is 136 Å². The maximum absolute atomic E-state index is 12.6. The fourth-order valence-corrected chi connectivity index (χ4v) is 2.15. The molecule has 0 saturated heterocycles. The molecule has 0 aromatic carbocycles. The second-order valence-corrected chi connectivity index (χ2v) is 6.60. The first kappa shape index (κ1) is 22.3. The highest BCUT2D eigenvalue weighted by Crippen LogP contribution is 2.16. The van der Waals surface area contributed by atoms with Gasteiger partial charge in [-0.3, -0.25) is 4.79 Å². The van der Waals surface area contributed by atoms with Gasteiger partial charge >= 0.3 is 12.1 Å². The van der Waals surface area contributed by atoms with E-state index >= 15 is 0 Å². The van der Waals surface area contributed by atoms with Gasteiger partial charge < -0.3 is 21.3 Å². The van der Waals surface area contributed by atoms with Crippen LogP contribution >= 0.6 is 0 Å². The van der Waals surface area contributed by atoms with Gasteiger partial charge in [0.15, 0.2) is 0 Å². The Kier molecular flexibility index (Phi) is 10.2. The number of amides is 2. The van der Waals surface area contributed by atoms with Crippen LogP contribution in [0.1, 0.15) is 47.0 Å². The van der Waals surface area contributed by atoms with E-state index in [1.165, 1.54) is 0 Å². The highest BCUT2D eigenvalue weighted by Gasteiger charge is 2.40. The zero-order valence-corrected chi connectivity index (χ0v) is 15.0. The quantitative estimate of drug-likeness (QED) is 0.506. The van der Waals surface area contributed by atoms with E-state index < -0.39 is 36.0 Å². The van der Waals surface area contributed by atoms with Crippen molar-refractivity contribution >= 4 is 18.0 Å². The number of carboxylic acid groups (broad SMARTS) is 1. The number of carbonyl (C=O) groups excluding carboxylic acids is 2. The van der Waals surface area contributed by atoms with Gasteiger partial charge in [-0.05, 0) is 31.2 Å². The van der Waals surface area contributed by atoms with Gasteiger partial charge in [0.1, 0.15) is 6.04 Å². The molecule has 0 aliphatic rings. The number of hydrogen-bond donors (Lipinski definition) is 3. The first-order valence-corrected chi connectivity index (χ1v) is 8.31. The fourth-order valence-electron chi connectivity index (χ4n) is 2.15. The van der Waals surface area contributed by atoms with Gasteiger partial charge in [-0.2, -0.15) is 0 Å². The summed E-state index contributed by atoms with van der Waals surface area (Å²) >= 11 is 0. The Balaban J connectivity index is 5.32. The minimum Gasteiger partial charge on any atom is -0.480 e. The molecule has 0 rings (SSSR count). The molecule has 140 valence electrons. The van der Waals surface area contributed by atoms with Gasteiger partial charge in [0.2, 0.25) is 5.91 Å². The van der Waals surface area contributed by atoms with Crippen LogP contribution in [-0.4, -0.2) is 53.2 Å². The summed E-state index contributed by atoms with van der Waals surface area (Å²) in [5.74, 6) is -2.42. The van der Waals surface area contributed by atoms with Gasteiger partial charge in [-0.1, -0.05) is 34.1 Å². The van der Waals surface area contributed by atoms with Gasteiger partial charge in [-0.25, -0.2) is 14.5 Å². The van der Waals surface area contributed by atoms with Crippen LogP contribution in [0.3, 0.4) is 0 Å². The smallest absolute Gasteiger partial charge is 0.417 e. The molecule has 2 atom stereocenters. The van der Waals surface area contributed by atoms with Gasteiger partial charge in [0.05, 0.1) is 12.6 Å². The average molecular weight is 345 g/mol. The number of unbranched alkanes of at least 4 members (excludes halogenated alkanes) is 1. The van der Waals surface area contributed by atoms with Crippen molar-refractivity contribution in [3.05, 3.63) is 0 Å². The number of ether oxygens (including phenoxy) is 1. The Bertz CT molecular complexity index is 426. The lowest BCUT2D eigenvalue weighted by molar-refractivity contribution is -0.151. The standard InChI is InChI=1S/C16H31N3O5/c1-10(2)9-24-16(23)19(13(11(3)4)15(21)22)14(20)12(18)7-5-6-8-17/h10-13H,5-9,17-18H2,1-4H3,(H,21,22). The van der Waals surface area contributed by atoms with Gasteiger partial charge in [0, 0.05) is 0 Å². The summed E-state index contributed by atoms with van der Waals surface area (Å²) in [5, 5.41) is 9.43. The third-order valence-corrected chi connectivity index (χ3v) is 3.42. The Morgan fingerprint density at radius 2 is 1.71 bits per heavy atom. The summed E-state index contributed by atoms with van der Waals surface area (Å²) in [6.07, 6.45) is 0.682. The van der Waals surface area contributed by atoms with Crippen molar-refractivity contribution in [2.45, 2.75) is 59.0 Å². The molecule has 24 heavy (non-hydrogen) atoms.